The average Bonchev–Trinajstić information content (AvgIpc) is 2.48. The van der Waals surface area contributed by atoms with Crippen molar-refractivity contribution in [2.45, 2.75) is 43.9 Å². The van der Waals surface area contributed by atoms with Crippen molar-refractivity contribution in [3.63, 3.8) is 0 Å². The zero-order valence-electron chi connectivity index (χ0n) is 13.9. The van der Waals surface area contributed by atoms with Gasteiger partial charge in [-0.05, 0) is 44.1 Å². The van der Waals surface area contributed by atoms with Gasteiger partial charge in [0.25, 0.3) is 0 Å². The first-order chi connectivity index (χ1) is 11.6. The van der Waals surface area contributed by atoms with Gasteiger partial charge in [0.1, 0.15) is 11.6 Å². The SMILES string of the molecule is CC(C)(C)OC(=O)N[C@@H](CCSSc1ncccc1[N+](=O)[O-])C(=O)O. The number of ether oxygens (including phenoxy) is 1. The van der Waals surface area contributed by atoms with Gasteiger partial charge in [-0.3, -0.25) is 10.1 Å². The van der Waals surface area contributed by atoms with Crippen molar-refractivity contribution in [1.82, 2.24) is 10.3 Å². The van der Waals surface area contributed by atoms with Crippen LogP contribution in [0.5, 0.6) is 0 Å². The predicted molar refractivity (Wildman–Crippen MR) is 94.6 cm³/mol. The summed E-state index contributed by atoms with van der Waals surface area (Å²) in [6, 6.07) is 1.71. The second kappa shape index (κ2) is 9.47. The van der Waals surface area contributed by atoms with Gasteiger partial charge < -0.3 is 15.2 Å². The lowest BCUT2D eigenvalue weighted by molar-refractivity contribution is -0.388. The van der Waals surface area contributed by atoms with E-state index >= 15 is 0 Å². The number of carbonyl (C=O) groups excluding carboxylic acids is 1. The van der Waals surface area contributed by atoms with Crippen LogP contribution in [0.1, 0.15) is 27.2 Å². The highest BCUT2D eigenvalue weighted by atomic mass is 33.1. The molecule has 1 aromatic rings. The molecule has 11 heteroatoms. The van der Waals surface area contributed by atoms with Gasteiger partial charge in [0, 0.05) is 18.0 Å². The van der Waals surface area contributed by atoms with Gasteiger partial charge in [-0.25, -0.2) is 14.6 Å². The third-order valence-electron chi connectivity index (χ3n) is 2.56. The Hall–Kier alpha value is -2.01. The molecule has 0 unspecified atom stereocenters. The lowest BCUT2D eigenvalue weighted by atomic mass is 10.2. The number of hydrogen-bond donors (Lipinski definition) is 2. The second-order valence-corrected chi connectivity index (χ2v) is 8.22. The number of carboxylic acids is 1. The summed E-state index contributed by atoms with van der Waals surface area (Å²) >= 11 is 0. The van der Waals surface area contributed by atoms with Crippen molar-refractivity contribution in [3.8, 4) is 0 Å². The molecule has 1 atom stereocenters. The molecule has 0 fully saturated rings. The van der Waals surface area contributed by atoms with Crippen molar-refractivity contribution in [2.75, 3.05) is 5.75 Å². The molecule has 0 aliphatic rings. The molecule has 1 heterocycles. The second-order valence-electron chi connectivity index (χ2n) is 5.82. The van der Waals surface area contributed by atoms with Crippen LogP contribution >= 0.6 is 21.6 Å². The quantitative estimate of drug-likeness (QED) is 0.298. The van der Waals surface area contributed by atoms with Gasteiger partial charge in [0.15, 0.2) is 5.03 Å². The van der Waals surface area contributed by atoms with Gasteiger partial charge in [-0.1, -0.05) is 10.8 Å². The molecule has 1 aromatic heterocycles. The fourth-order valence-corrected chi connectivity index (χ4v) is 3.67. The number of amides is 1. The Morgan fingerprint density at radius 2 is 2.16 bits per heavy atom. The highest BCUT2D eigenvalue weighted by Crippen LogP contribution is 2.35. The van der Waals surface area contributed by atoms with E-state index in [-0.39, 0.29) is 17.1 Å². The highest BCUT2D eigenvalue weighted by Gasteiger charge is 2.24. The van der Waals surface area contributed by atoms with Crippen LogP contribution in [0.2, 0.25) is 0 Å². The average molecular weight is 389 g/mol. The number of carbonyl (C=O) groups is 2. The van der Waals surface area contributed by atoms with E-state index in [0.717, 1.165) is 10.8 Å². The Balaban J connectivity index is 2.50. The summed E-state index contributed by atoms with van der Waals surface area (Å²) in [7, 11) is 2.30. The maximum atomic E-state index is 11.7. The van der Waals surface area contributed by atoms with Crippen LogP contribution in [0.3, 0.4) is 0 Å². The van der Waals surface area contributed by atoms with Gasteiger partial charge >= 0.3 is 17.7 Å². The Kier molecular flexibility index (Phi) is 7.97. The minimum Gasteiger partial charge on any atom is -0.480 e. The summed E-state index contributed by atoms with van der Waals surface area (Å²) in [5, 5.41) is 22.6. The number of nitrogens with zero attached hydrogens (tertiary/aromatic N) is 2. The zero-order valence-corrected chi connectivity index (χ0v) is 15.6. The third-order valence-corrected chi connectivity index (χ3v) is 4.88. The number of carboxylic acid groups (broad SMARTS) is 1. The molecule has 0 bridgehead atoms. The molecule has 0 saturated carbocycles. The van der Waals surface area contributed by atoms with Crippen LogP contribution in [0.15, 0.2) is 23.4 Å². The monoisotopic (exact) mass is 389 g/mol. The molecule has 0 saturated heterocycles. The van der Waals surface area contributed by atoms with Crippen LogP contribution in [-0.4, -0.2) is 44.5 Å². The van der Waals surface area contributed by atoms with Crippen molar-refractivity contribution in [3.05, 3.63) is 28.4 Å². The minimum absolute atomic E-state index is 0.110. The van der Waals surface area contributed by atoms with Crippen LogP contribution in [0.4, 0.5) is 10.5 Å². The van der Waals surface area contributed by atoms with Gasteiger partial charge in [-0.15, -0.1) is 0 Å². The molecule has 1 rings (SSSR count). The van der Waals surface area contributed by atoms with E-state index in [9.17, 15) is 19.7 Å². The number of nitrogens with one attached hydrogen (secondary N) is 1. The maximum Gasteiger partial charge on any atom is 0.408 e. The van der Waals surface area contributed by atoms with Crippen molar-refractivity contribution >= 4 is 39.3 Å². The standard InChI is InChI=1S/C14H19N3O6S2/c1-14(2,3)23-13(20)16-9(12(18)19)6-8-24-25-11-10(17(21)22)5-4-7-15-11/h4-5,7,9H,6,8H2,1-3H3,(H,16,20)(H,18,19)/t9-/m0/s1. The fourth-order valence-electron chi connectivity index (χ4n) is 1.56. The van der Waals surface area contributed by atoms with Crippen molar-refractivity contribution in [1.29, 1.82) is 0 Å². The van der Waals surface area contributed by atoms with Crippen molar-refractivity contribution < 1.29 is 24.4 Å². The molecule has 0 aliphatic carbocycles. The molecule has 0 spiro atoms. The summed E-state index contributed by atoms with van der Waals surface area (Å²) in [5.41, 5.74) is -0.836. The molecule has 25 heavy (non-hydrogen) atoms. The third kappa shape index (κ3) is 8.07. The normalized spacial score (nSPS) is 12.3. The minimum atomic E-state index is -1.18. The number of pyridine rings is 1. The van der Waals surface area contributed by atoms with E-state index in [1.54, 1.807) is 20.8 Å². The topological polar surface area (TPSA) is 132 Å². The van der Waals surface area contributed by atoms with Crippen LogP contribution in [-0.2, 0) is 9.53 Å². The number of alkyl carbamates (subject to hydrolysis) is 1. The predicted octanol–water partition coefficient (Wildman–Crippen LogP) is 3.10. The lowest BCUT2D eigenvalue weighted by Crippen LogP contribution is -2.43. The van der Waals surface area contributed by atoms with E-state index in [1.165, 1.54) is 29.1 Å². The summed E-state index contributed by atoms with van der Waals surface area (Å²) < 4.78 is 5.03. The number of nitro groups is 1. The van der Waals surface area contributed by atoms with Crippen molar-refractivity contribution in [2.24, 2.45) is 0 Å². The molecular formula is C14H19N3O6S2. The van der Waals surface area contributed by atoms with E-state index < -0.39 is 28.6 Å². The maximum absolute atomic E-state index is 11.7. The smallest absolute Gasteiger partial charge is 0.408 e. The van der Waals surface area contributed by atoms with E-state index in [2.05, 4.69) is 10.3 Å². The Labute approximate surface area is 152 Å². The summed E-state index contributed by atoms with van der Waals surface area (Å²) in [5.74, 6) is -0.842. The number of rotatable bonds is 8. The van der Waals surface area contributed by atoms with Gasteiger partial charge in [0.2, 0.25) is 0 Å². The van der Waals surface area contributed by atoms with Gasteiger partial charge in [-0.2, -0.15) is 0 Å². The van der Waals surface area contributed by atoms with E-state index in [0.29, 0.717) is 5.75 Å². The highest BCUT2D eigenvalue weighted by molar-refractivity contribution is 8.76. The van der Waals surface area contributed by atoms with E-state index in [1.807, 2.05) is 0 Å². The summed E-state index contributed by atoms with van der Waals surface area (Å²) in [4.78, 5) is 37.2. The molecule has 138 valence electrons. The number of hydrogen-bond acceptors (Lipinski definition) is 8. The Morgan fingerprint density at radius 3 is 2.72 bits per heavy atom. The number of aliphatic carboxylic acids is 1. The van der Waals surface area contributed by atoms with Crippen LogP contribution < -0.4 is 5.32 Å². The molecular weight excluding hydrogens is 370 g/mol. The molecule has 1 amide bonds. The number of aromatic nitrogens is 1. The summed E-state index contributed by atoms with van der Waals surface area (Å²) in [6.07, 6.45) is 0.769. The lowest BCUT2D eigenvalue weighted by Gasteiger charge is -2.21. The molecule has 0 radical (unpaired) electrons. The van der Waals surface area contributed by atoms with Gasteiger partial charge in [0.05, 0.1) is 4.92 Å². The van der Waals surface area contributed by atoms with Crippen LogP contribution in [0.25, 0.3) is 0 Å². The first-order valence-corrected chi connectivity index (χ1v) is 9.53. The molecule has 0 aliphatic heterocycles. The largest absolute Gasteiger partial charge is 0.480 e. The first kappa shape index (κ1) is 21.0. The zero-order chi connectivity index (χ0) is 19.0. The first-order valence-electron chi connectivity index (χ1n) is 7.21. The molecule has 9 nitrogen and oxygen atoms in total. The Bertz CT molecular complexity index is 635. The van der Waals surface area contributed by atoms with Crippen LogP contribution in [0, 0.1) is 10.1 Å². The van der Waals surface area contributed by atoms with E-state index in [4.69, 9.17) is 9.84 Å². The molecule has 2 N–H and O–H groups in total. The molecule has 0 aromatic carbocycles. The Morgan fingerprint density at radius 1 is 1.48 bits per heavy atom. The summed E-state index contributed by atoms with van der Waals surface area (Å²) in [6.45, 7) is 5.03. The fraction of sp³-hybridized carbons (Fsp3) is 0.500.